The molecule has 3 atom stereocenters. The van der Waals surface area contributed by atoms with E-state index in [0.717, 1.165) is 13.0 Å². The molecule has 3 amide bonds. The standard InChI is InChI=1S/C16H29N7O5S/c17-16(18)20-6-2-4-10(15(27)28)23-14(26)11(8-29)22-12(24)7-21-13(25)9-3-1-5-19-9/h9-11,19,29H,1-8H2,(H,21,25)(H,22,24)(H,23,26)(H,27,28)(H4,17,18,20). The van der Waals surface area contributed by atoms with Crippen molar-refractivity contribution >= 4 is 42.3 Å². The van der Waals surface area contributed by atoms with Crippen molar-refractivity contribution in [2.24, 2.45) is 16.5 Å². The second-order valence-electron chi connectivity index (χ2n) is 6.52. The van der Waals surface area contributed by atoms with Gasteiger partial charge >= 0.3 is 5.97 Å². The van der Waals surface area contributed by atoms with Crippen LogP contribution in [0.3, 0.4) is 0 Å². The van der Waals surface area contributed by atoms with Crippen molar-refractivity contribution < 1.29 is 24.3 Å². The first-order valence-corrected chi connectivity index (χ1v) is 9.87. The minimum atomic E-state index is -1.22. The van der Waals surface area contributed by atoms with Crippen molar-refractivity contribution in [3.05, 3.63) is 0 Å². The highest BCUT2D eigenvalue weighted by atomic mass is 32.1. The molecule has 0 aromatic heterocycles. The summed E-state index contributed by atoms with van der Waals surface area (Å²) < 4.78 is 0. The molecule has 0 saturated carbocycles. The van der Waals surface area contributed by atoms with E-state index in [2.05, 4.69) is 38.9 Å². The second kappa shape index (κ2) is 12.8. The van der Waals surface area contributed by atoms with E-state index < -0.39 is 29.9 Å². The Hall–Kier alpha value is -2.54. The zero-order chi connectivity index (χ0) is 21.8. The Balaban J connectivity index is 2.46. The molecular formula is C16H29N7O5S. The molecule has 29 heavy (non-hydrogen) atoms. The van der Waals surface area contributed by atoms with Gasteiger partial charge in [0.25, 0.3) is 0 Å². The molecule has 0 bridgehead atoms. The summed E-state index contributed by atoms with van der Waals surface area (Å²) in [7, 11) is 0. The number of nitrogens with zero attached hydrogens (tertiary/aromatic N) is 1. The van der Waals surface area contributed by atoms with Gasteiger partial charge in [-0.2, -0.15) is 12.6 Å². The number of aliphatic imine (C=N–C) groups is 1. The number of carboxylic acids is 1. The van der Waals surface area contributed by atoms with Crippen molar-refractivity contribution in [2.45, 2.75) is 43.8 Å². The molecule has 1 aliphatic rings. The van der Waals surface area contributed by atoms with Crippen LogP contribution in [0, 0.1) is 0 Å². The Kier molecular flexibility index (Phi) is 10.8. The number of carbonyl (C=O) groups excluding carboxylic acids is 3. The lowest BCUT2D eigenvalue weighted by molar-refractivity contribution is -0.142. The minimum Gasteiger partial charge on any atom is -0.480 e. The van der Waals surface area contributed by atoms with E-state index in [9.17, 15) is 24.3 Å². The highest BCUT2D eigenvalue weighted by molar-refractivity contribution is 7.80. The zero-order valence-corrected chi connectivity index (χ0v) is 16.9. The summed E-state index contributed by atoms with van der Waals surface area (Å²) in [6.45, 7) is 0.683. The SMILES string of the molecule is NC(N)=NCCCC(NC(=O)C(CS)NC(=O)CNC(=O)C1CCCN1)C(=O)O. The topological polar surface area (TPSA) is 201 Å². The van der Waals surface area contributed by atoms with Gasteiger partial charge in [0.1, 0.15) is 12.1 Å². The third kappa shape index (κ3) is 9.47. The number of hydrogen-bond donors (Lipinski definition) is 8. The predicted octanol–water partition coefficient (Wildman–Crippen LogP) is -3.11. The third-order valence-corrected chi connectivity index (χ3v) is 4.56. The molecule has 9 N–H and O–H groups in total. The van der Waals surface area contributed by atoms with Crippen LogP contribution in [0.25, 0.3) is 0 Å². The Bertz CT molecular complexity index is 621. The molecule has 1 fully saturated rings. The number of thiol groups is 1. The predicted molar refractivity (Wildman–Crippen MR) is 109 cm³/mol. The van der Waals surface area contributed by atoms with E-state index in [4.69, 9.17) is 11.5 Å². The lowest BCUT2D eigenvalue weighted by Gasteiger charge is -2.20. The van der Waals surface area contributed by atoms with Gasteiger partial charge in [-0.25, -0.2) is 4.79 Å². The van der Waals surface area contributed by atoms with Crippen LogP contribution in [0.15, 0.2) is 4.99 Å². The number of hydrogen-bond acceptors (Lipinski definition) is 7. The normalized spacial score (nSPS) is 17.6. The van der Waals surface area contributed by atoms with Gasteiger partial charge < -0.3 is 37.8 Å². The van der Waals surface area contributed by atoms with Crippen LogP contribution < -0.4 is 32.7 Å². The number of amides is 3. The van der Waals surface area contributed by atoms with Crippen molar-refractivity contribution in [3.63, 3.8) is 0 Å². The minimum absolute atomic E-state index is 0.0456. The van der Waals surface area contributed by atoms with Gasteiger partial charge in [0.05, 0.1) is 12.6 Å². The zero-order valence-electron chi connectivity index (χ0n) is 16.0. The summed E-state index contributed by atoms with van der Waals surface area (Å²) in [5.74, 6) is -2.92. The van der Waals surface area contributed by atoms with Gasteiger partial charge in [-0.1, -0.05) is 0 Å². The van der Waals surface area contributed by atoms with E-state index >= 15 is 0 Å². The summed E-state index contributed by atoms with van der Waals surface area (Å²) in [6, 6.07) is -2.53. The highest BCUT2D eigenvalue weighted by Crippen LogP contribution is 2.04. The van der Waals surface area contributed by atoms with Gasteiger partial charge in [0, 0.05) is 12.3 Å². The molecule has 12 nitrogen and oxygen atoms in total. The van der Waals surface area contributed by atoms with Crippen LogP contribution in [-0.4, -0.2) is 78.3 Å². The highest BCUT2D eigenvalue weighted by Gasteiger charge is 2.26. The molecule has 164 valence electrons. The molecule has 0 aromatic rings. The van der Waals surface area contributed by atoms with Gasteiger partial charge in [-0.3, -0.25) is 19.4 Å². The lowest BCUT2D eigenvalue weighted by atomic mass is 10.1. The van der Waals surface area contributed by atoms with Gasteiger partial charge in [-0.05, 0) is 32.2 Å². The van der Waals surface area contributed by atoms with Crippen molar-refractivity contribution in [2.75, 3.05) is 25.4 Å². The van der Waals surface area contributed by atoms with E-state index in [1.165, 1.54) is 0 Å². The fourth-order valence-electron chi connectivity index (χ4n) is 2.67. The van der Waals surface area contributed by atoms with Crippen LogP contribution in [0.1, 0.15) is 25.7 Å². The monoisotopic (exact) mass is 431 g/mol. The molecule has 0 radical (unpaired) electrons. The third-order valence-electron chi connectivity index (χ3n) is 4.19. The first kappa shape index (κ1) is 24.5. The van der Waals surface area contributed by atoms with Crippen LogP contribution in [0.2, 0.25) is 0 Å². The van der Waals surface area contributed by atoms with Crippen LogP contribution in [0.4, 0.5) is 0 Å². The Morgan fingerprint density at radius 1 is 1.21 bits per heavy atom. The molecule has 1 saturated heterocycles. The number of rotatable bonds is 12. The maximum Gasteiger partial charge on any atom is 0.326 e. The van der Waals surface area contributed by atoms with E-state index in [1.54, 1.807) is 0 Å². The summed E-state index contributed by atoms with van der Waals surface area (Å²) in [6.07, 6.45) is 2.04. The number of nitrogens with one attached hydrogen (secondary N) is 4. The number of carbonyl (C=O) groups is 4. The van der Waals surface area contributed by atoms with Crippen molar-refractivity contribution in [1.82, 2.24) is 21.3 Å². The molecule has 0 aliphatic carbocycles. The fourth-order valence-corrected chi connectivity index (χ4v) is 2.93. The first-order valence-electron chi connectivity index (χ1n) is 9.24. The number of nitrogens with two attached hydrogens (primary N) is 2. The molecule has 3 unspecified atom stereocenters. The summed E-state index contributed by atoms with van der Waals surface area (Å²) in [5, 5.41) is 19.6. The molecule has 13 heteroatoms. The summed E-state index contributed by atoms with van der Waals surface area (Å²) in [5.41, 5.74) is 10.4. The quantitative estimate of drug-likeness (QED) is 0.0686. The van der Waals surface area contributed by atoms with E-state index in [-0.39, 0.29) is 43.2 Å². The summed E-state index contributed by atoms with van der Waals surface area (Å²) >= 11 is 4.03. The average molecular weight is 432 g/mol. The van der Waals surface area contributed by atoms with E-state index in [1.807, 2.05) is 0 Å². The Morgan fingerprint density at radius 3 is 2.48 bits per heavy atom. The first-order chi connectivity index (χ1) is 13.7. The molecule has 0 aromatic carbocycles. The number of carboxylic acid groups (broad SMARTS) is 1. The maximum absolute atomic E-state index is 12.3. The lowest BCUT2D eigenvalue weighted by Crippen LogP contribution is -2.54. The second-order valence-corrected chi connectivity index (χ2v) is 6.88. The maximum atomic E-state index is 12.3. The largest absolute Gasteiger partial charge is 0.480 e. The average Bonchev–Trinajstić information content (AvgIpc) is 3.20. The van der Waals surface area contributed by atoms with Crippen LogP contribution >= 0.6 is 12.6 Å². The van der Waals surface area contributed by atoms with Crippen LogP contribution in [-0.2, 0) is 19.2 Å². The van der Waals surface area contributed by atoms with E-state index in [0.29, 0.717) is 12.8 Å². The molecule has 1 heterocycles. The molecule has 1 rings (SSSR count). The van der Waals surface area contributed by atoms with Crippen molar-refractivity contribution in [3.8, 4) is 0 Å². The van der Waals surface area contributed by atoms with Crippen molar-refractivity contribution in [1.29, 1.82) is 0 Å². The molecule has 0 spiro atoms. The number of aliphatic carboxylic acids is 1. The van der Waals surface area contributed by atoms with Crippen LogP contribution in [0.5, 0.6) is 0 Å². The fraction of sp³-hybridized carbons (Fsp3) is 0.688. The summed E-state index contributed by atoms with van der Waals surface area (Å²) in [4.78, 5) is 51.3. The Morgan fingerprint density at radius 2 is 1.93 bits per heavy atom. The van der Waals surface area contributed by atoms with Gasteiger partial charge in [0.2, 0.25) is 17.7 Å². The molecular weight excluding hydrogens is 402 g/mol. The molecule has 1 aliphatic heterocycles. The van der Waals surface area contributed by atoms with Gasteiger partial charge in [-0.15, -0.1) is 0 Å². The smallest absolute Gasteiger partial charge is 0.326 e. The van der Waals surface area contributed by atoms with Gasteiger partial charge in [0.15, 0.2) is 5.96 Å². The Labute approximate surface area is 174 Å². The number of guanidine groups is 1.